The van der Waals surface area contributed by atoms with E-state index in [1.807, 2.05) is 0 Å². The predicted octanol–water partition coefficient (Wildman–Crippen LogP) is 4.59. The van der Waals surface area contributed by atoms with Gasteiger partial charge in [0, 0.05) is 11.9 Å². The predicted molar refractivity (Wildman–Crippen MR) is 94.9 cm³/mol. The van der Waals surface area contributed by atoms with Gasteiger partial charge in [0.2, 0.25) is 5.91 Å². The van der Waals surface area contributed by atoms with E-state index in [9.17, 15) is 22.8 Å². The van der Waals surface area contributed by atoms with Crippen molar-refractivity contribution in [1.29, 1.82) is 0 Å². The highest BCUT2D eigenvalue weighted by Crippen LogP contribution is 2.40. The second-order valence-electron chi connectivity index (χ2n) is 6.79. The average Bonchev–Trinajstić information content (AvgIpc) is 3.06. The van der Waals surface area contributed by atoms with Gasteiger partial charge in [0.15, 0.2) is 0 Å². The summed E-state index contributed by atoms with van der Waals surface area (Å²) in [5.74, 6) is -0.0837. The molecule has 1 fully saturated rings. The Hall–Kier alpha value is -1.70. The minimum absolute atomic E-state index is 0.0659. The van der Waals surface area contributed by atoms with E-state index in [1.54, 1.807) is 19.1 Å². The van der Waals surface area contributed by atoms with Crippen LogP contribution in [0.2, 0.25) is 0 Å². The maximum Gasteiger partial charge on any atom is 0.446 e. The van der Waals surface area contributed by atoms with Crippen LogP contribution in [0.4, 0.5) is 18.0 Å². The normalized spacial score (nSPS) is 17.6. The minimum atomic E-state index is -4.36. The van der Waals surface area contributed by atoms with E-state index in [0.29, 0.717) is 17.9 Å². The number of halogens is 3. The van der Waals surface area contributed by atoms with Crippen molar-refractivity contribution in [2.45, 2.75) is 54.8 Å². The third kappa shape index (κ3) is 5.40. The van der Waals surface area contributed by atoms with Crippen molar-refractivity contribution < 1.29 is 22.8 Å². The zero-order valence-electron chi connectivity index (χ0n) is 14.8. The van der Waals surface area contributed by atoms with Gasteiger partial charge in [0.05, 0.1) is 5.41 Å². The SMILES string of the molecule is CNC(=O)NC(=O)C(C)(CC1CCCC1)c1ccc(SC(F)(F)F)cc1. The number of carbonyl (C=O) groups excluding carboxylic acids is 2. The molecule has 0 heterocycles. The molecule has 1 aliphatic rings. The third-order valence-electron chi connectivity index (χ3n) is 4.85. The Bertz CT molecular complexity index is 643. The van der Waals surface area contributed by atoms with Crippen LogP contribution in [-0.2, 0) is 10.2 Å². The second kappa shape index (κ2) is 8.33. The molecule has 1 aliphatic carbocycles. The number of amides is 3. The maximum atomic E-state index is 12.8. The summed E-state index contributed by atoms with van der Waals surface area (Å²) in [6.07, 6.45) is 4.81. The number of thioether (sulfide) groups is 1. The molecule has 4 nitrogen and oxygen atoms in total. The summed E-state index contributed by atoms with van der Waals surface area (Å²) in [7, 11) is 1.42. The maximum absolute atomic E-state index is 12.8. The standard InChI is InChI=1S/C18H23F3N2O2S/c1-17(11-12-5-3-4-6-12,15(24)23-16(25)22-2)13-7-9-14(10-8-13)26-18(19,20)21/h7-10,12H,3-6,11H2,1-2H3,(H2,22,23,24,25). The zero-order chi connectivity index (χ0) is 19.4. The Morgan fingerprint density at radius 2 is 1.73 bits per heavy atom. The van der Waals surface area contributed by atoms with Gasteiger partial charge >= 0.3 is 11.5 Å². The van der Waals surface area contributed by atoms with E-state index in [2.05, 4.69) is 10.6 Å². The molecule has 0 radical (unpaired) electrons. The number of carbonyl (C=O) groups is 2. The molecule has 1 aromatic rings. The van der Waals surface area contributed by atoms with Crippen LogP contribution in [0.3, 0.4) is 0 Å². The number of benzene rings is 1. The van der Waals surface area contributed by atoms with Crippen LogP contribution in [0.25, 0.3) is 0 Å². The molecule has 2 rings (SSSR count). The highest BCUT2D eigenvalue weighted by molar-refractivity contribution is 8.00. The van der Waals surface area contributed by atoms with E-state index in [4.69, 9.17) is 0 Å². The monoisotopic (exact) mass is 388 g/mol. The number of hydrogen-bond acceptors (Lipinski definition) is 3. The molecule has 1 unspecified atom stereocenters. The fourth-order valence-corrected chi connectivity index (χ4v) is 4.00. The summed E-state index contributed by atoms with van der Waals surface area (Å²) in [6.45, 7) is 1.75. The van der Waals surface area contributed by atoms with Crippen LogP contribution in [0.15, 0.2) is 29.2 Å². The first-order valence-corrected chi connectivity index (χ1v) is 9.35. The van der Waals surface area contributed by atoms with Gasteiger partial charge in [0.1, 0.15) is 0 Å². The Labute approximate surface area is 155 Å². The lowest BCUT2D eigenvalue weighted by atomic mass is 9.74. The van der Waals surface area contributed by atoms with Crippen LogP contribution in [-0.4, -0.2) is 24.5 Å². The van der Waals surface area contributed by atoms with E-state index >= 15 is 0 Å². The van der Waals surface area contributed by atoms with Crippen molar-refractivity contribution in [1.82, 2.24) is 10.6 Å². The number of imide groups is 1. The molecule has 0 aromatic heterocycles. The van der Waals surface area contributed by atoms with Crippen molar-refractivity contribution >= 4 is 23.7 Å². The molecule has 3 amide bonds. The molecule has 0 aliphatic heterocycles. The van der Waals surface area contributed by atoms with Gasteiger partial charge in [-0.1, -0.05) is 37.8 Å². The Kier molecular flexibility index (Phi) is 6.60. The summed E-state index contributed by atoms with van der Waals surface area (Å²) < 4.78 is 37.5. The molecular weight excluding hydrogens is 365 g/mol. The quantitative estimate of drug-likeness (QED) is 0.725. The largest absolute Gasteiger partial charge is 0.446 e. The van der Waals surface area contributed by atoms with Gasteiger partial charge in [-0.25, -0.2) is 4.79 Å². The molecule has 1 aromatic carbocycles. The van der Waals surface area contributed by atoms with Gasteiger partial charge < -0.3 is 5.32 Å². The first-order valence-electron chi connectivity index (χ1n) is 8.53. The van der Waals surface area contributed by atoms with Gasteiger partial charge in [-0.15, -0.1) is 0 Å². The van der Waals surface area contributed by atoms with Crippen LogP contribution >= 0.6 is 11.8 Å². The summed E-state index contributed by atoms with van der Waals surface area (Å²) >= 11 is -0.189. The lowest BCUT2D eigenvalue weighted by Gasteiger charge is -2.31. The molecule has 8 heteroatoms. The number of urea groups is 1. The molecule has 1 saturated carbocycles. The Balaban J connectivity index is 2.26. The van der Waals surface area contributed by atoms with E-state index in [-0.39, 0.29) is 16.7 Å². The highest BCUT2D eigenvalue weighted by Gasteiger charge is 2.39. The second-order valence-corrected chi connectivity index (χ2v) is 7.93. The molecular formula is C18H23F3N2O2S. The number of nitrogens with one attached hydrogen (secondary N) is 2. The van der Waals surface area contributed by atoms with E-state index < -0.39 is 22.9 Å². The van der Waals surface area contributed by atoms with Crippen molar-refractivity contribution in [2.24, 2.45) is 5.92 Å². The van der Waals surface area contributed by atoms with Gasteiger partial charge in [-0.05, 0) is 48.7 Å². The molecule has 0 bridgehead atoms. The lowest BCUT2D eigenvalue weighted by Crippen LogP contribution is -2.48. The van der Waals surface area contributed by atoms with Crippen LogP contribution in [0.5, 0.6) is 0 Å². The Morgan fingerprint density at radius 3 is 2.23 bits per heavy atom. The molecule has 0 spiro atoms. The number of hydrogen-bond donors (Lipinski definition) is 2. The minimum Gasteiger partial charge on any atom is -0.341 e. The average molecular weight is 388 g/mol. The van der Waals surface area contributed by atoms with Crippen LogP contribution in [0.1, 0.15) is 44.6 Å². The number of alkyl halides is 3. The smallest absolute Gasteiger partial charge is 0.341 e. The van der Waals surface area contributed by atoms with Gasteiger partial charge in [-0.3, -0.25) is 10.1 Å². The first-order chi connectivity index (χ1) is 12.1. The van der Waals surface area contributed by atoms with Crippen LogP contribution < -0.4 is 10.6 Å². The van der Waals surface area contributed by atoms with E-state index in [1.165, 1.54) is 19.2 Å². The van der Waals surface area contributed by atoms with Crippen LogP contribution in [0, 0.1) is 5.92 Å². The van der Waals surface area contributed by atoms with Crippen molar-refractivity contribution in [3.8, 4) is 0 Å². The summed E-state index contributed by atoms with van der Waals surface area (Å²) in [5, 5.41) is 4.67. The summed E-state index contributed by atoms with van der Waals surface area (Å²) in [4.78, 5) is 24.4. The zero-order valence-corrected chi connectivity index (χ0v) is 15.6. The summed E-state index contributed by atoms with van der Waals surface area (Å²) in [6, 6.07) is 5.23. The first kappa shape index (κ1) is 20.6. The van der Waals surface area contributed by atoms with Gasteiger partial charge in [0.25, 0.3) is 0 Å². The van der Waals surface area contributed by atoms with Gasteiger partial charge in [-0.2, -0.15) is 13.2 Å². The van der Waals surface area contributed by atoms with Crippen molar-refractivity contribution in [3.63, 3.8) is 0 Å². The van der Waals surface area contributed by atoms with Crippen molar-refractivity contribution in [2.75, 3.05) is 7.05 Å². The lowest BCUT2D eigenvalue weighted by molar-refractivity contribution is -0.125. The molecule has 1 atom stereocenters. The Morgan fingerprint density at radius 1 is 1.15 bits per heavy atom. The molecule has 0 saturated heterocycles. The van der Waals surface area contributed by atoms with Crippen molar-refractivity contribution in [3.05, 3.63) is 29.8 Å². The fourth-order valence-electron chi connectivity index (χ4n) is 3.46. The molecule has 2 N–H and O–H groups in total. The molecule has 26 heavy (non-hydrogen) atoms. The highest BCUT2D eigenvalue weighted by atomic mass is 32.2. The molecule has 144 valence electrons. The van der Waals surface area contributed by atoms with E-state index in [0.717, 1.165) is 25.7 Å². The fraction of sp³-hybridized carbons (Fsp3) is 0.556. The topological polar surface area (TPSA) is 58.2 Å². The summed E-state index contributed by atoms with van der Waals surface area (Å²) in [5.41, 5.74) is -4.73. The number of rotatable bonds is 5. The third-order valence-corrected chi connectivity index (χ3v) is 5.59.